The normalized spacial score (nSPS) is 11.2. The van der Waals surface area contributed by atoms with Crippen LogP contribution >= 0.6 is 23.2 Å². The van der Waals surface area contributed by atoms with Gasteiger partial charge in [-0.1, -0.05) is 29.3 Å². The average molecular weight is 380 g/mol. The third-order valence-electron chi connectivity index (χ3n) is 4.18. The summed E-state index contributed by atoms with van der Waals surface area (Å²) in [4.78, 5) is 10.9. The molecule has 0 aliphatic rings. The monoisotopic (exact) mass is 379 g/mol. The summed E-state index contributed by atoms with van der Waals surface area (Å²) in [6, 6.07) is 8.19. The molecule has 0 amide bonds. The first kappa shape index (κ1) is 17.8. The third kappa shape index (κ3) is 3.80. The first-order valence-corrected chi connectivity index (χ1v) is 8.54. The lowest BCUT2D eigenvalue weighted by molar-refractivity contribution is -0.136. The summed E-state index contributed by atoms with van der Waals surface area (Å²) >= 11 is 12.2. The van der Waals surface area contributed by atoms with E-state index in [1.54, 1.807) is 12.1 Å². The molecule has 0 aliphatic carbocycles. The Morgan fingerprint density at radius 3 is 2.64 bits per heavy atom. The lowest BCUT2D eigenvalue weighted by Gasteiger charge is -2.11. The minimum Gasteiger partial charge on any atom is -0.481 e. The molecule has 0 fully saturated rings. The summed E-state index contributed by atoms with van der Waals surface area (Å²) in [5.41, 5.74) is 3.33. The van der Waals surface area contributed by atoms with Crippen molar-refractivity contribution in [2.45, 2.75) is 26.3 Å². The summed E-state index contributed by atoms with van der Waals surface area (Å²) in [5.74, 6) is -1.27. The number of carboxylic acids is 1. The zero-order chi connectivity index (χ0) is 18.1. The van der Waals surface area contributed by atoms with Gasteiger partial charge in [0.15, 0.2) is 0 Å². The number of benzene rings is 2. The van der Waals surface area contributed by atoms with Crippen molar-refractivity contribution in [3.05, 3.63) is 69.1 Å². The molecule has 130 valence electrons. The number of rotatable bonds is 5. The minimum absolute atomic E-state index is 0.0511. The number of aromatic nitrogens is 1. The van der Waals surface area contributed by atoms with Crippen LogP contribution < -0.4 is 0 Å². The van der Waals surface area contributed by atoms with Crippen LogP contribution in [0.1, 0.15) is 23.1 Å². The Labute approximate surface area is 154 Å². The van der Waals surface area contributed by atoms with Crippen molar-refractivity contribution >= 4 is 40.1 Å². The molecule has 0 bridgehead atoms. The number of nitrogens with zero attached hydrogens (tertiary/aromatic N) is 1. The molecule has 3 rings (SSSR count). The maximum atomic E-state index is 14.0. The molecule has 1 heterocycles. The maximum Gasteiger partial charge on any atom is 0.303 e. The van der Waals surface area contributed by atoms with Gasteiger partial charge in [0.05, 0.1) is 5.52 Å². The molecule has 3 aromatic rings. The quantitative estimate of drug-likeness (QED) is 0.639. The highest BCUT2D eigenvalue weighted by atomic mass is 35.5. The molecule has 6 heteroatoms. The Bertz CT molecular complexity index is 966. The Morgan fingerprint density at radius 2 is 1.96 bits per heavy atom. The van der Waals surface area contributed by atoms with Crippen LogP contribution in [0.15, 0.2) is 36.5 Å². The van der Waals surface area contributed by atoms with Crippen molar-refractivity contribution in [3.8, 4) is 0 Å². The second-order valence-corrected chi connectivity index (χ2v) is 6.87. The number of aryl methyl sites for hydroxylation is 2. The van der Waals surface area contributed by atoms with Gasteiger partial charge < -0.3 is 9.67 Å². The molecule has 0 unspecified atom stereocenters. The molecule has 1 aromatic heterocycles. The van der Waals surface area contributed by atoms with E-state index in [1.165, 1.54) is 12.1 Å². The van der Waals surface area contributed by atoms with Crippen molar-refractivity contribution in [1.29, 1.82) is 0 Å². The molecular formula is C19H16Cl2FNO2. The average Bonchev–Trinajstić information content (AvgIpc) is 2.84. The fourth-order valence-electron chi connectivity index (χ4n) is 3.05. The Hall–Kier alpha value is -2.04. The van der Waals surface area contributed by atoms with Crippen molar-refractivity contribution in [1.82, 2.24) is 4.57 Å². The van der Waals surface area contributed by atoms with E-state index < -0.39 is 5.97 Å². The van der Waals surface area contributed by atoms with Crippen molar-refractivity contribution in [2.24, 2.45) is 0 Å². The van der Waals surface area contributed by atoms with Crippen LogP contribution in [-0.2, 0) is 17.8 Å². The largest absolute Gasteiger partial charge is 0.481 e. The van der Waals surface area contributed by atoms with Gasteiger partial charge in [0.25, 0.3) is 0 Å². The predicted molar refractivity (Wildman–Crippen MR) is 98.2 cm³/mol. The molecular weight excluding hydrogens is 364 g/mol. The molecule has 0 radical (unpaired) electrons. The van der Waals surface area contributed by atoms with Crippen LogP contribution in [0, 0.1) is 12.7 Å². The highest BCUT2D eigenvalue weighted by Gasteiger charge is 2.14. The molecule has 0 saturated heterocycles. The third-order valence-corrected chi connectivity index (χ3v) is 4.77. The maximum absolute atomic E-state index is 14.0. The summed E-state index contributed by atoms with van der Waals surface area (Å²) in [6.07, 6.45) is 2.14. The van der Waals surface area contributed by atoms with Crippen molar-refractivity contribution in [3.63, 3.8) is 0 Å². The molecule has 0 aliphatic heterocycles. The smallest absolute Gasteiger partial charge is 0.303 e. The number of halogens is 3. The Kier molecular flexibility index (Phi) is 5.02. The number of fused-ring (bicyclic) bond motifs is 1. The van der Waals surface area contributed by atoms with Crippen LogP contribution in [-0.4, -0.2) is 15.6 Å². The molecule has 3 nitrogen and oxygen atoms in total. The molecule has 0 saturated carbocycles. The van der Waals surface area contributed by atoms with Gasteiger partial charge in [-0.05, 0) is 54.3 Å². The number of aliphatic carboxylic acids is 1. The van der Waals surface area contributed by atoms with Gasteiger partial charge in [-0.25, -0.2) is 4.39 Å². The van der Waals surface area contributed by atoms with E-state index in [2.05, 4.69) is 0 Å². The summed E-state index contributed by atoms with van der Waals surface area (Å²) in [6.45, 7) is 2.40. The first-order chi connectivity index (χ1) is 11.8. The fourth-order valence-corrected chi connectivity index (χ4v) is 3.52. The highest BCUT2D eigenvalue weighted by Crippen LogP contribution is 2.29. The zero-order valence-electron chi connectivity index (χ0n) is 13.5. The molecule has 25 heavy (non-hydrogen) atoms. The number of carboxylic acid groups (broad SMARTS) is 1. The lowest BCUT2D eigenvalue weighted by atomic mass is 10.0. The summed E-state index contributed by atoms with van der Waals surface area (Å²) < 4.78 is 15.9. The molecule has 2 aromatic carbocycles. The number of carbonyl (C=O) groups is 1. The molecule has 0 atom stereocenters. The van der Waals surface area contributed by atoms with E-state index in [0.29, 0.717) is 22.2 Å². The highest BCUT2D eigenvalue weighted by molar-refractivity contribution is 6.35. The summed E-state index contributed by atoms with van der Waals surface area (Å²) in [7, 11) is 0. The van der Waals surface area contributed by atoms with Gasteiger partial charge in [0.2, 0.25) is 0 Å². The van der Waals surface area contributed by atoms with E-state index in [-0.39, 0.29) is 18.7 Å². The summed E-state index contributed by atoms with van der Waals surface area (Å²) in [5, 5.41) is 10.9. The Morgan fingerprint density at radius 1 is 1.20 bits per heavy atom. The number of hydrogen-bond donors (Lipinski definition) is 1. The van der Waals surface area contributed by atoms with Crippen LogP contribution in [0.3, 0.4) is 0 Å². The standard InChI is InChI=1S/C19H16Cl2FNO2/c1-11-9-23(10-13-2-4-14(20)7-17(13)21)19-12(3-5-18(24)25)6-15(22)8-16(11)19/h2,4,6-9H,3,5,10H2,1H3,(H,24,25). The van der Waals surface area contributed by atoms with Gasteiger partial charge in [0, 0.05) is 34.6 Å². The second-order valence-electron chi connectivity index (χ2n) is 6.03. The van der Waals surface area contributed by atoms with Gasteiger partial charge in [0.1, 0.15) is 5.82 Å². The van der Waals surface area contributed by atoms with Crippen molar-refractivity contribution < 1.29 is 14.3 Å². The van der Waals surface area contributed by atoms with E-state index >= 15 is 0 Å². The zero-order valence-corrected chi connectivity index (χ0v) is 15.0. The van der Waals surface area contributed by atoms with Crippen molar-refractivity contribution in [2.75, 3.05) is 0 Å². The van der Waals surface area contributed by atoms with Crippen LogP contribution in [0.4, 0.5) is 4.39 Å². The fraction of sp³-hybridized carbons (Fsp3) is 0.211. The lowest BCUT2D eigenvalue weighted by Crippen LogP contribution is -2.03. The van der Waals surface area contributed by atoms with E-state index in [4.69, 9.17) is 28.3 Å². The molecule has 0 spiro atoms. The van der Waals surface area contributed by atoms with Crippen LogP contribution in [0.5, 0.6) is 0 Å². The predicted octanol–water partition coefficient (Wildman–Crippen LogP) is 5.46. The minimum atomic E-state index is -0.909. The van der Waals surface area contributed by atoms with Gasteiger partial charge in [-0.2, -0.15) is 0 Å². The van der Waals surface area contributed by atoms with E-state index in [0.717, 1.165) is 22.0 Å². The van der Waals surface area contributed by atoms with Gasteiger partial charge in [-0.3, -0.25) is 4.79 Å². The van der Waals surface area contributed by atoms with Gasteiger partial charge >= 0.3 is 5.97 Å². The van der Waals surface area contributed by atoms with Crippen LogP contribution in [0.25, 0.3) is 10.9 Å². The van der Waals surface area contributed by atoms with E-state index in [1.807, 2.05) is 23.8 Å². The SMILES string of the molecule is Cc1cn(Cc2ccc(Cl)cc2Cl)c2c(CCC(=O)O)cc(F)cc12. The molecule has 1 N–H and O–H groups in total. The van der Waals surface area contributed by atoms with E-state index in [9.17, 15) is 9.18 Å². The van der Waals surface area contributed by atoms with Gasteiger partial charge in [-0.15, -0.1) is 0 Å². The second kappa shape index (κ2) is 7.06. The van der Waals surface area contributed by atoms with Crippen LogP contribution in [0.2, 0.25) is 10.0 Å². The number of hydrogen-bond acceptors (Lipinski definition) is 1. The Balaban J connectivity index is 2.09. The topological polar surface area (TPSA) is 42.2 Å². The first-order valence-electron chi connectivity index (χ1n) is 7.78.